The van der Waals surface area contributed by atoms with Crippen molar-refractivity contribution >= 4 is 27.9 Å². The van der Waals surface area contributed by atoms with Crippen LogP contribution in [0, 0.1) is 0 Å². The van der Waals surface area contributed by atoms with E-state index in [-0.39, 0.29) is 24.1 Å². The first-order valence-corrected chi connectivity index (χ1v) is 9.95. The lowest BCUT2D eigenvalue weighted by atomic mass is 9.99. The van der Waals surface area contributed by atoms with Crippen molar-refractivity contribution in [1.82, 2.24) is 9.80 Å². The van der Waals surface area contributed by atoms with Crippen LogP contribution in [0.15, 0.2) is 51.6 Å². The topological polar surface area (TPSA) is 63.0 Å². The van der Waals surface area contributed by atoms with Crippen molar-refractivity contribution in [2.75, 3.05) is 19.7 Å². The summed E-state index contributed by atoms with van der Waals surface area (Å²) in [6, 6.07) is 13.7. The van der Waals surface area contributed by atoms with Gasteiger partial charge in [-0.15, -0.1) is 0 Å². The average Bonchev–Trinajstić information content (AvgIpc) is 3.28. The molecule has 1 atom stereocenters. The zero-order valence-corrected chi connectivity index (χ0v) is 16.4. The third-order valence-electron chi connectivity index (χ3n) is 5.25. The molecule has 0 aliphatic carbocycles. The summed E-state index contributed by atoms with van der Waals surface area (Å²) in [6.45, 7) is 1.63. The van der Waals surface area contributed by atoms with Gasteiger partial charge in [-0.05, 0) is 52.9 Å². The number of benzene rings is 1. The molecule has 142 valence electrons. The molecule has 1 aromatic carbocycles. The Labute approximate surface area is 166 Å². The number of cyclic esters (lactones) is 1. The molecular weight excluding hydrogens is 412 g/mol. The minimum atomic E-state index is -0.240. The van der Waals surface area contributed by atoms with E-state index in [0.29, 0.717) is 30.1 Å². The van der Waals surface area contributed by atoms with Crippen LogP contribution in [0.1, 0.15) is 29.0 Å². The van der Waals surface area contributed by atoms with E-state index in [2.05, 4.69) is 28.1 Å². The fraction of sp³-hybridized carbons (Fsp3) is 0.400. The second-order valence-electron chi connectivity index (χ2n) is 6.95. The highest BCUT2D eigenvalue weighted by atomic mass is 79.9. The predicted octanol–water partition coefficient (Wildman–Crippen LogP) is 3.71. The van der Waals surface area contributed by atoms with Crippen LogP contribution in [0.2, 0.25) is 0 Å². The van der Waals surface area contributed by atoms with Crippen molar-refractivity contribution in [1.29, 1.82) is 0 Å². The molecule has 2 aromatic rings. The third kappa shape index (κ3) is 3.88. The summed E-state index contributed by atoms with van der Waals surface area (Å²) in [5, 5.41) is 0. The molecule has 0 bridgehead atoms. The number of carbonyl (C=O) groups is 2. The van der Waals surface area contributed by atoms with Gasteiger partial charge in [-0.1, -0.05) is 30.3 Å². The van der Waals surface area contributed by atoms with Gasteiger partial charge in [0.2, 0.25) is 0 Å². The molecule has 2 aliphatic heterocycles. The zero-order chi connectivity index (χ0) is 18.8. The predicted molar refractivity (Wildman–Crippen MR) is 102 cm³/mol. The van der Waals surface area contributed by atoms with Crippen LogP contribution in [0.25, 0.3) is 0 Å². The van der Waals surface area contributed by atoms with Gasteiger partial charge >= 0.3 is 6.09 Å². The number of piperidine rings is 1. The van der Waals surface area contributed by atoms with Crippen LogP contribution in [-0.2, 0) is 11.2 Å². The molecule has 2 amide bonds. The van der Waals surface area contributed by atoms with Gasteiger partial charge in [-0.3, -0.25) is 9.69 Å². The van der Waals surface area contributed by atoms with Gasteiger partial charge in [-0.25, -0.2) is 4.79 Å². The number of halogens is 1. The minimum Gasteiger partial charge on any atom is -0.447 e. The molecule has 3 heterocycles. The molecule has 6 nitrogen and oxygen atoms in total. The van der Waals surface area contributed by atoms with E-state index < -0.39 is 0 Å². The summed E-state index contributed by atoms with van der Waals surface area (Å²) in [5.41, 5.74) is 1.20. The Morgan fingerprint density at radius 2 is 1.85 bits per heavy atom. The molecule has 4 rings (SSSR count). The van der Waals surface area contributed by atoms with Crippen molar-refractivity contribution in [2.24, 2.45) is 0 Å². The highest BCUT2D eigenvalue weighted by molar-refractivity contribution is 9.10. The van der Waals surface area contributed by atoms with Crippen LogP contribution in [-0.4, -0.2) is 53.6 Å². The summed E-state index contributed by atoms with van der Waals surface area (Å²) >= 11 is 3.22. The van der Waals surface area contributed by atoms with E-state index in [1.54, 1.807) is 17.0 Å². The molecule has 2 aliphatic rings. The Hall–Kier alpha value is -2.28. The van der Waals surface area contributed by atoms with Crippen LogP contribution in [0.3, 0.4) is 0 Å². The SMILES string of the molecule is O=C(c1ccc(Br)o1)N1CCC(N2C(=O)OC[C@H]2Cc2ccccc2)CC1. The van der Waals surface area contributed by atoms with Crippen molar-refractivity contribution in [3.05, 3.63) is 58.5 Å². The van der Waals surface area contributed by atoms with E-state index in [0.717, 1.165) is 19.3 Å². The summed E-state index contributed by atoms with van der Waals surface area (Å²) in [5.74, 6) is 0.229. The molecule has 1 aromatic heterocycles. The zero-order valence-electron chi connectivity index (χ0n) is 14.8. The number of rotatable bonds is 4. The first kappa shape index (κ1) is 18.1. The number of carbonyl (C=O) groups excluding carboxylic acids is 2. The molecule has 0 unspecified atom stereocenters. The lowest BCUT2D eigenvalue weighted by Gasteiger charge is -2.37. The Balaban J connectivity index is 1.39. The van der Waals surface area contributed by atoms with Crippen LogP contribution in [0.4, 0.5) is 4.79 Å². The van der Waals surface area contributed by atoms with Crippen LogP contribution < -0.4 is 0 Å². The van der Waals surface area contributed by atoms with Gasteiger partial charge in [-0.2, -0.15) is 0 Å². The van der Waals surface area contributed by atoms with Gasteiger partial charge in [0.25, 0.3) is 5.91 Å². The van der Waals surface area contributed by atoms with Crippen molar-refractivity contribution in [3.63, 3.8) is 0 Å². The third-order valence-corrected chi connectivity index (χ3v) is 5.67. The van der Waals surface area contributed by atoms with Gasteiger partial charge in [0.05, 0.1) is 6.04 Å². The average molecular weight is 433 g/mol. The molecule has 0 radical (unpaired) electrons. The number of amides is 2. The fourth-order valence-electron chi connectivity index (χ4n) is 3.89. The number of ether oxygens (including phenoxy) is 1. The molecule has 0 spiro atoms. The Morgan fingerprint density at radius 3 is 2.52 bits per heavy atom. The first-order chi connectivity index (χ1) is 13.1. The number of nitrogens with zero attached hydrogens (tertiary/aromatic N) is 2. The monoisotopic (exact) mass is 432 g/mol. The van der Waals surface area contributed by atoms with Gasteiger partial charge in [0, 0.05) is 19.1 Å². The maximum atomic E-state index is 12.5. The highest BCUT2D eigenvalue weighted by Crippen LogP contribution is 2.27. The lowest BCUT2D eigenvalue weighted by molar-refractivity contribution is 0.0606. The van der Waals surface area contributed by atoms with Gasteiger partial charge in [0.15, 0.2) is 10.4 Å². The van der Waals surface area contributed by atoms with Crippen molar-refractivity contribution < 1.29 is 18.7 Å². The largest absolute Gasteiger partial charge is 0.447 e. The number of hydrogen-bond donors (Lipinski definition) is 0. The molecular formula is C20H21BrN2O4. The van der Waals surface area contributed by atoms with E-state index >= 15 is 0 Å². The molecule has 27 heavy (non-hydrogen) atoms. The second kappa shape index (κ2) is 7.76. The molecule has 2 saturated heterocycles. The Kier molecular flexibility index (Phi) is 5.20. The smallest absolute Gasteiger partial charge is 0.410 e. The Morgan fingerprint density at radius 1 is 1.11 bits per heavy atom. The highest BCUT2D eigenvalue weighted by Gasteiger charge is 2.40. The summed E-state index contributed by atoms with van der Waals surface area (Å²) < 4.78 is 11.2. The van der Waals surface area contributed by atoms with Crippen LogP contribution >= 0.6 is 15.9 Å². The number of furan rings is 1. The van der Waals surface area contributed by atoms with Crippen LogP contribution in [0.5, 0.6) is 0 Å². The van der Waals surface area contributed by atoms with Crippen molar-refractivity contribution in [3.8, 4) is 0 Å². The van der Waals surface area contributed by atoms with E-state index in [1.807, 2.05) is 23.1 Å². The van der Waals surface area contributed by atoms with Gasteiger partial charge < -0.3 is 14.1 Å². The summed E-state index contributed by atoms with van der Waals surface area (Å²) in [6.07, 6.45) is 2.03. The summed E-state index contributed by atoms with van der Waals surface area (Å²) in [4.78, 5) is 28.5. The lowest BCUT2D eigenvalue weighted by Crippen LogP contribution is -2.50. The second-order valence-corrected chi connectivity index (χ2v) is 7.74. The van der Waals surface area contributed by atoms with E-state index in [9.17, 15) is 9.59 Å². The molecule has 0 saturated carbocycles. The molecule has 0 N–H and O–H groups in total. The maximum absolute atomic E-state index is 12.5. The quantitative estimate of drug-likeness (QED) is 0.738. The Bertz CT molecular complexity index is 814. The van der Waals surface area contributed by atoms with E-state index in [1.165, 1.54) is 5.56 Å². The molecule has 7 heteroatoms. The maximum Gasteiger partial charge on any atom is 0.410 e. The fourth-order valence-corrected chi connectivity index (χ4v) is 4.20. The molecule has 2 fully saturated rings. The number of hydrogen-bond acceptors (Lipinski definition) is 4. The minimum absolute atomic E-state index is 0.0492. The standard InChI is InChI=1S/C20H21BrN2O4/c21-18-7-6-17(27-18)19(24)22-10-8-15(9-11-22)23-16(13-26-20(23)25)12-14-4-2-1-3-5-14/h1-7,15-16H,8-13H2/t16-/m1/s1. The number of likely N-dealkylation sites (tertiary alicyclic amines) is 1. The van der Waals surface area contributed by atoms with Crippen molar-refractivity contribution in [2.45, 2.75) is 31.3 Å². The van der Waals surface area contributed by atoms with Gasteiger partial charge in [0.1, 0.15) is 6.61 Å². The normalized spacial score (nSPS) is 20.8. The first-order valence-electron chi connectivity index (χ1n) is 9.15. The summed E-state index contributed by atoms with van der Waals surface area (Å²) in [7, 11) is 0. The van der Waals surface area contributed by atoms with E-state index in [4.69, 9.17) is 9.15 Å².